The topological polar surface area (TPSA) is 86.6 Å². The number of benzene rings is 2. The minimum atomic E-state index is -1.04. The maximum absolute atomic E-state index is 12.2. The molecule has 2 aromatic rings. The number of amides is 1. The number of hydrogen-bond donors (Lipinski definition) is 3. The van der Waals surface area contributed by atoms with E-state index in [-0.39, 0.29) is 17.2 Å². The summed E-state index contributed by atoms with van der Waals surface area (Å²) in [5, 5.41) is 21.1. The summed E-state index contributed by atoms with van der Waals surface area (Å²) in [6.45, 7) is 3.41. The fraction of sp³-hybridized carbons (Fsp3) is 0.125. The first kappa shape index (κ1) is 14.6. The van der Waals surface area contributed by atoms with Crippen LogP contribution in [-0.2, 0) is 0 Å². The zero-order valence-corrected chi connectivity index (χ0v) is 11.7. The zero-order chi connectivity index (χ0) is 15.6. The molecule has 0 heterocycles. The van der Waals surface area contributed by atoms with Gasteiger partial charge in [-0.1, -0.05) is 6.07 Å². The fourth-order valence-electron chi connectivity index (χ4n) is 2.03. The van der Waals surface area contributed by atoms with E-state index in [2.05, 4.69) is 5.32 Å². The van der Waals surface area contributed by atoms with Crippen molar-refractivity contribution in [1.82, 2.24) is 0 Å². The second kappa shape index (κ2) is 5.66. The van der Waals surface area contributed by atoms with Crippen molar-refractivity contribution < 1.29 is 19.8 Å². The molecule has 0 spiro atoms. The average Bonchev–Trinajstić information content (AvgIpc) is 2.40. The number of anilines is 1. The van der Waals surface area contributed by atoms with Gasteiger partial charge in [0.25, 0.3) is 5.91 Å². The van der Waals surface area contributed by atoms with Gasteiger partial charge in [-0.15, -0.1) is 0 Å². The molecule has 0 aliphatic heterocycles. The van der Waals surface area contributed by atoms with Gasteiger partial charge in [0.2, 0.25) is 0 Å². The lowest BCUT2D eigenvalue weighted by atomic mass is 10.1. The Morgan fingerprint density at radius 3 is 2.29 bits per heavy atom. The zero-order valence-electron chi connectivity index (χ0n) is 11.7. The van der Waals surface area contributed by atoms with Crippen LogP contribution < -0.4 is 5.32 Å². The third-order valence-electron chi connectivity index (χ3n) is 3.18. The van der Waals surface area contributed by atoms with Gasteiger partial charge in [0.1, 0.15) is 5.75 Å². The van der Waals surface area contributed by atoms with Crippen molar-refractivity contribution in [3.63, 3.8) is 0 Å². The van der Waals surface area contributed by atoms with Gasteiger partial charge in [-0.2, -0.15) is 0 Å². The molecular weight excluding hydrogens is 270 g/mol. The summed E-state index contributed by atoms with van der Waals surface area (Å²) < 4.78 is 0. The smallest absolute Gasteiger partial charge is 0.336 e. The predicted molar refractivity (Wildman–Crippen MR) is 78.9 cm³/mol. The molecule has 108 valence electrons. The largest absolute Gasteiger partial charge is 0.508 e. The Morgan fingerprint density at radius 1 is 0.952 bits per heavy atom. The number of carbonyl (C=O) groups is 2. The highest BCUT2D eigenvalue weighted by Crippen LogP contribution is 2.19. The molecular formula is C16H15NO4. The summed E-state index contributed by atoms with van der Waals surface area (Å²) in [5.74, 6) is -1.30. The maximum atomic E-state index is 12.2. The Kier molecular flexibility index (Phi) is 3.93. The monoisotopic (exact) mass is 285 g/mol. The highest BCUT2D eigenvalue weighted by atomic mass is 16.4. The van der Waals surface area contributed by atoms with E-state index < -0.39 is 5.97 Å². The number of carboxylic acids is 1. The summed E-state index contributed by atoms with van der Waals surface area (Å²) in [4.78, 5) is 23.3. The SMILES string of the molecule is Cc1ccc(NC(=O)c2ccc(O)cc2C)cc1C(=O)O. The first-order valence-electron chi connectivity index (χ1n) is 6.33. The predicted octanol–water partition coefficient (Wildman–Crippen LogP) is 2.96. The number of aryl methyl sites for hydroxylation is 2. The Morgan fingerprint density at radius 2 is 1.67 bits per heavy atom. The second-order valence-electron chi connectivity index (χ2n) is 4.79. The highest BCUT2D eigenvalue weighted by molar-refractivity contribution is 6.06. The molecule has 2 rings (SSSR count). The summed E-state index contributed by atoms with van der Waals surface area (Å²) in [7, 11) is 0. The van der Waals surface area contributed by atoms with E-state index >= 15 is 0 Å². The van der Waals surface area contributed by atoms with E-state index in [0.717, 1.165) is 0 Å². The van der Waals surface area contributed by atoms with Crippen LogP contribution in [0.2, 0.25) is 0 Å². The van der Waals surface area contributed by atoms with Crippen LogP contribution in [0.15, 0.2) is 36.4 Å². The summed E-state index contributed by atoms with van der Waals surface area (Å²) >= 11 is 0. The number of rotatable bonds is 3. The maximum Gasteiger partial charge on any atom is 0.336 e. The summed E-state index contributed by atoms with van der Waals surface area (Å²) in [6, 6.07) is 9.15. The average molecular weight is 285 g/mol. The lowest BCUT2D eigenvalue weighted by Crippen LogP contribution is -2.14. The van der Waals surface area contributed by atoms with E-state index in [0.29, 0.717) is 22.4 Å². The van der Waals surface area contributed by atoms with Crippen LogP contribution in [0.4, 0.5) is 5.69 Å². The van der Waals surface area contributed by atoms with Crippen LogP contribution in [0.1, 0.15) is 31.8 Å². The molecule has 2 aromatic carbocycles. The molecule has 0 radical (unpaired) electrons. The van der Waals surface area contributed by atoms with Crippen molar-refractivity contribution >= 4 is 17.6 Å². The molecule has 0 unspecified atom stereocenters. The third kappa shape index (κ3) is 3.20. The first-order valence-corrected chi connectivity index (χ1v) is 6.33. The summed E-state index contributed by atoms with van der Waals surface area (Å²) in [5.41, 5.74) is 2.25. The van der Waals surface area contributed by atoms with Crippen molar-refractivity contribution in [2.45, 2.75) is 13.8 Å². The molecule has 0 aliphatic carbocycles. The van der Waals surface area contributed by atoms with Crippen molar-refractivity contribution in [2.75, 3.05) is 5.32 Å². The van der Waals surface area contributed by atoms with E-state index in [4.69, 9.17) is 5.11 Å². The minimum Gasteiger partial charge on any atom is -0.508 e. The van der Waals surface area contributed by atoms with Gasteiger partial charge in [-0.05, 0) is 55.3 Å². The number of aromatic carboxylic acids is 1. The molecule has 1 amide bonds. The number of carboxylic acid groups (broad SMARTS) is 1. The lowest BCUT2D eigenvalue weighted by molar-refractivity contribution is 0.0695. The quantitative estimate of drug-likeness (QED) is 0.809. The van der Waals surface area contributed by atoms with Crippen LogP contribution in [0.3, 0.4) is 0 Å². The molecule has 0 atom stereocenters. The van der Waals surface area contributed by atoms with Gasteiger partial charge in [0.15, 0.2) is 0 Å². The van der Waals surface area contributed by atoms with Gasteiger partial charge in [0, 0.05) is 11.3 Å². The second-order valence-corrected chi connectivity index (χ2v) is 4.79. The van der Waals surface area contributed by atoms with Gasteiger partial charge in [0.05, 0.1) is 5.56 Å². The Labute approximate surface area is 121 Å². The van der Waals surface area contributed by atoms with E-state index in [9.17, 15) is 14.7 Å². The summed E-state index contributed by atoms with van der Waals surface area (Å²) in [6.07, 6.45) is 0. The first-order chi connectivity index (χ1) is 9.88. The molecule has 0 aliphatic rings. The lowest BCUT2D eigenvalue weighted by Gasteiger charge is -2.09. The number of phenols is 1. The Hall–Kier alpha value is -2.82. The van der Waals surface area contributed by atoms with Crippen molar-refractivity contribution in [2.24, 2.45) is 0 Å². The standard InChI is InChI=1S/C16H15NO4/c1-9-3-4-11(8-14(9)16(20)21)17-15(19)13-6-5-12(18)7-10(13)2/h3-8,18H,1-2H3,(H,17,19)(H,20,21). The van der Waals surface area contributed by atoms with Crippen LogP contribution in [0, 0.1) is 13.8 Å². The molecule has 0 aromatic heterocycles. The van der Waals surface area contributed by atoms with E-state index in [1.807, 2.05) is 0 Å². The van der Waals surface area contributed by atoms with Crippen molar-refractivity contribution in [1.29, 1.82) is 0 Å². The number of phenolic OH excluding ortho intramolecular Hbond substituents is 1. The van der Waals surface area contributed by atoms with Crippen molar-refractivity contribution in [3.05, 3.63) is 58.7 Å². The molecule has 21 heavy (non-hydrogen) atoms. The van der Waals surface area contributed by atoms with Gasteiger partial charge < -0.3 is 15.5 Å². The molecule has 5 heteroatoms. The molecule has 3 N–H and O–H groups in total. The number of carbonyl (C=O) groups excluding carboxylic acids is 1. The normalized spacial score (nSPS) is 10.2. The fourth-order valence-corrected chi connectivity index (χ4v) is 2.03. The molecule has 0 saturated heterocycles. The van der Waals surface area contributed by atoms with Crippen LogP contribution in [0.5, 0.6) is 5.75 Å². The third-order valence-corrected chi connectivity index (χ3v) is 3.18. The van der Waals surface area contributed by atoms with Crippen LogP contribution >= 0.6 is 0 Å². The number of aromatic hydroxyl groups is 1. The van der Waals surface area contributed by atoms with Crippen LogP contribution in [0.25, 0.3) is 0 Å². The van der Waals surface area contributed by atoms with Crippen LogP contribution in [-0.4, -0.2) is 22.1 Å². The van der Waals surface area contributed by atoms with E-state index in [1.54, 1.807) is 26.0 Å². The Balaban J connectivity index is 2.27. The van der Waals surface area contributed by atoms with Gasteiger partial charge in [-0.25, -0.2) is 4.79 Å². The molecule has 5 nitrogen and oxygen atoms in total. The molecule has 0 fully saturated rings. The number of nitrogens with one attached hydrogen (secondary N) is 1. The van der Waals surface area contributed by atoms with Gasteiger partial charge in [-0.3, -0.25) is 4.79 Å². The minimum absolute atomic E-state index is 0.0903. The Bertz CT molecular complexity index is 722. The van der Waals surface area contributed by atoms with E-state index in [1.165, 1.54) is 24.3 Å². The number of hydrogen-bond acceptors (Lipinski definition) is 3. The highest BCUT2D eigenvalue weighted by Gasteiger charge is 2.12. The molecule has 0 bridgehead atoms. The van der Waals surface area contributed by atoms with Crippen molar-refractivity contribution in [3.8, 4) is 5.75 Å². The van der Waals surface area contributed by atoms with Gasteiger partial charge >= 0.3 is 5.97 Å². The molecule has 0 saturated carbocycles.